The van der Waals surface area contributed by atoms with E-state index in [1.807, 2.05) is 0 Å². The first-order valence-electron chi connectivity index (χ1n) is 10.5. The van der Waals surface area contributed by atoms with Gasteiger partial charge in [-0.1, -0.05) is 38.1 Å². The summed E-state index contributed by atoms with van der Waals surface area (Å²) in [6.45, 7) is 2.21. The lowest BCUT2D eigenvalue weighted by Crippen LogP contribution is -2.52. The highest BCUT2D eigenvalue weighted by molar-refractivity contribution is 5.78. The summed E-state index contributed by atoms with van der Waals surface area (Å²) in [6, 6.07) is 12.1. The number of fused-ring (bicyclic) bond motifs is 1. The smallest absolute Gasteiger partial charge is 0.418 e. The molecule has 0 saturated heterocycles. The van der Waals surface area contributed by atoms with E-state index in [0.717, 1.165) is 0 Å². The minimum atomic E-state index is -4.99. The standard InChI is InChI=1S/C25H23F3N2O4/c1-23(2,18-8-5-7-17(22(18)32)21-12-29-15-34-21)13-24(33,25(26,27)28)14-30-11-10-20(31)16-6-3-4-9-19(16)30/h3-12,15,32-33H,13-14H2,1-2H3. The minimum absolute atomic E-state index is 0.217. The molecular weight excluding hydrogens is 449 g/mol. The Morgan fingerprint density at radius 1 is 1.06 bits per heavy atom. The minimum Gasteiger partial charge on any atom is -0.507 e. The van der Waals surface area contributed by atoms with Crippen molar-refractivity contribution < 1.29 is 27.8 Å². The van der Waals surface area contributed by atoms with Gasteiger partial charge in [0.15, 0.2) is 23.2 Å². The van der Waals surface area contributed by atoms with Gasteiger partial charge in [-0.25, -0.2) is 4.98 Å². The van der Waals surface area contributed by atoms with Gasteiger partial charge in [0.1, 0.15) is 5.75 Å². The molecule has 0 aliphatic heterocycles. The zero-order chi connectivity index (χ0) is 24.7. The van der Waals surface area contributed by atoms with E-state index in [9.17, 15) is 28.2 Å². The number of oxazole rings is 1. The summed E-state index contributed by atoms with van der Waals surface area (Å²) in [6.07, 6.45) is -1.93. The van der Waals surface area contributed by atoms with Gasteiger partial charge in [-0.2, -0.15) is 13.2 Å². The molecule has 0 spiro atoms. The summed E-state index contributed by atoms with van der Waals surface area (Å²) in [5, 5.41) is 22.2. The van der Waals surface area contributed by atoms with E-state index in [1.165, 1.54) is 61.5 Å². The van der Waals surface area contributed by atoms with Crippen LogP contribution in [-0.2, 0) is 12.0 Å². The average molecular weight is 472 g/mol. The molecule has 178 valence electrons. The Labute approximate surface area is 192 Å². The Kier molecular flexibility index (Phi) is 5.77. The van der Waals surface area contributed by atoms with Crippen molar-refractivity contribution in [1.29, 1.82) is 0 Å². The van der Waals surface area contributed by atoms with Crippen molar-refractivity contribution in [1.82, 2.24) is 9.55 Å². The summed E-state index contributed by atoms with van der Waals surface area (Å²) >= 11 is 0. The van der Waals surface area contributed by atoms with E-state index in [0.29, 0.717) is 0 Å². The number of halogens is 3. The maximum absolute atomic E-state index is 14.3. The molecule has 0 bridgehead atoms. The second-order valence-electron chi connectivity index (χ2n) is 8.98. The SMILES string of the molecule is CC(C)(CC(O)(Cn1ccc(=O)c2ccccc21)C(F)(F)F)c1cccc(-c2cnco2)c1O. The van der Waals surface area contributed by atoms with Crippen LogP contribution in [-0.4, -0.2) is 31.5 Å². The lowest BCUT2D eigenvalue weighted by Gasteiger charge is -2.39. The highest BCUT2D eigenvalue weighted by Gasteiger charge is 2.56. The molecule has 2 N–H and O–H groups in total. The Morgan fingerprint density at radius 2 is 1.79 bits per heavy atom. The highest BCUT2D eigenvalue weighted by atomic mass is 19.4. The molecule has 0 fully saturated rings. The lowest BCUT2D eigenvalue weighted by atomic mass is 9.74. The number of aliphatic hydroxyl groups is 1. The fourth-order valence-electron chi connectivity index (χ4n) is 4.39. The third kappa shape index (κ3) is 4.19. The average Bonchev–Trinajstić information content (AvgIpc) is 3.29. The summed E-state index contributed by atoms with van der Waals surface area (Å²) < 4.78 is 49.4. The van der Waals surface area contributed by atoms with Crippen molar-refractivity contribution in [2.24, 2.45) is 0 Å². The first-order valence-corrected chi connectivity index (χ1v) is 10.5. The van der Waals surface area contributed by atoms with E-state index >= 15 is 0 Å². The van der Waals surface area contributed by atoms with Gasteiger partial charge in [0.25, 0.3) is 0 Å². The van der Waals surface area contributed by atoms with Gasteiger partial charge in [-0.15, -0.1) is 0 Å². The van der Waals surface area contributed by atoms with Crippen LogP contribution >= 0.6 is 0 Å². The number of para-hydroxylation sites is 2. The maximum atomic E-state index is 14.3. The Balaban J connectivity index is 1.76. The molecule has 2 aromatic heterocycles. The van der Waals surface area contributed by atoms with Crippen molar-refractivity contribution in [2.45, 2.75) is 44.0 Å². The monoisotopic (exact) mass is 472 g/mol. The molecule has 1 unspecified atom stereocenters. The van der Waals surface area contributed by atoms with Crippen LogP contribution < -0.4 is 5.43 Å². The number of phenolic OH excluding ortho intramolecular Hbond substituents is 1. The number of pyridine rings is 1. The van der Waals surface area contributed by atoms with Gasteiger partial charge in [-0.3, -0.25) is 4.79 Å². The quantitative estimate of drug-likeness (QED) is 0.411. The third-order valence-electron chi connectivity index (χ3n) is 6.04. The summed E-state index contributed by atoms with van der Waals surface area (Å²) in [4.78, 5) is 15.9. The Hall–Kier alpha value is -3.59. The van der Waals surface area contributed by atoms with E-state index in [-0.39, 0.29) is 39.0 Å². The van der Waals surface area contributed by atoms with Gasteiger partial charge in [0.05, 0.1) is 23.8 Å². The molecule has 9 heteroatoms. The Bertz CT molecular complexity index is 1380. The van der Waals surface area contributed by atoms with Gasteiger partial charge >= 0.3 is 6.18 Å². The molecule has 0 radical (unpaired) electrons. The van der Waals surface area contributed by atoms with Crippen molar-refractivity contribution in [3.8, 4) is 17.1 Å². The summed E-state index contributed by atoms with van der Waals surface area (Å²) in [5.74, 6) is 0.0172. The first kappa shape index (κ1) is 23.6. The van der Waals surface area contributed by atoms with Gasteiger partial charge in [0, 0.05) is 23.2 Å². The number of hydrogen-bond donors (Lipinski definition) is 2. The van der Waals surface area contributed by atoms with Crippen LogP contribution in [0.5, 0.6) is 5.75 Å². The Morgan fingerprint density at radius 3 is 2.47 bits per heavy atom. The maximum Gasteiger partial charge on any atom is 0.418 e. The number of aromatic nitrogens is 2. The van der Waals surface area contributed by atoms with Gasteiger partial charge < -0.3 is 19.2 Å². The van der Waals surface area contributed by atoms with Crippen molar-refractivity contribution in [3.05, 3.63) is 83.1 Å². The third-order valence-corrected chi connectivity index (χ3v) is 6.04. The molecule has 4 rings (SSSR count). The normalized spacial score (nSPS) is 14.3. The predicted octanol–water partition coefficient (Wildman–Crippen LogP) is 5.02. The van der Waals surface area contributed by atoms with E-state index in [4.69, 9.17) is 4.42 Å². The number of alkyl halides is 3. The molecule has 6 nitrogen and oxygen atoms in total. The number of phenols is 1. The molecule has 2 aromatic carbocycles. The van der Waals surface area contributed by atoms with Crippen LogP contribution in [0.25, 0.3) is 22.2 Å². The number of hydrogen-bond acceptors (Lipinski definition) is 5. The molecule has 0 saturated carbocycles. The topological polar surface area (TPSA) is 88.5 Å². The lowest BCUT2D eigenvalue weighted by molar-refractivity contribution is -0.271. The van der Waals surface area contributed by atoms with Crippen molar-refractivity contribution in [2.75, 3.05) is 0 Å². The highest BCUT2D eigenvalue weighted by Crippen LogP contribution is 2.46. The molecule has 0 amide bonds. The molecule has 4 aromatic rings. The van der Waals surface area contributed by atoms with Crippen LogP contribution in [0.15, 0.2) is 76.5 Å². The van der Waals surface area contributed by atoms with E-state index in [1.54, 1.807) is 24.3 Å². The van der Waals surface area contributed by atoms with Gasteiger partial charge in [0.2, 0.25) is 0 Å². The number of aromatic hydroxyl groups is 1. The van der Waals surface area contributed by atoms with Crippen LogP contribution in [0, 0.1) is 0 Å². The van der Waals surface area contributed by atoms with Crippen LogP contribution in [0.2, 0.25) is 0 Å². The molecular formula is C25H23F3N2O4. The van der Waals surface area contributed by atoms with Crippen LogP contribution in [0.1, 0.15) is 25.8 Å². The van der Waals surface area contributed by atoms with Crippen LogP contribution in [0.4, 0.5) is 13.2 Å². The predicted molar refractivity (Wildman–Crippen MR) is 120 cm³/mol. The van der Waals surface area contributed by atoms with E-state index < -0.39 is 30.2 Å². The number of nitrogens with zero attached hydrogens (tertiary/aromatic N) is 2. The second-order valence-corrected chi connectivity index (χ2v) is 8.98. The fourth-order valence-corrected chi connectivity index (χ4v) is 4.39. The van der Waals surface area contributed by atoms with E-state index in [2.05, 4.69) is 4.98 Å². The van der Waals surface area contributed by atoms with Gasteiger partial charge in [-0.05, 0) is 30.0 Å². The zero-order valence-corrected chi connectivity index (χ0v) is 18.5. The van der Waals surface area contributed by atoms with Crippen molar-refractivity contribution in [3.63, 3.8) is 0 Å². The second kappa shape index (κ2) is 8.32. The summed E-state index contributed by atoms with van der Waals surface area (Å²) in [5.41, 5.74) is -4.01. The molecule has 34 heavy (non-hydrogen) atoms. The first-order chi connectivity index (χ1) is 15.9. The van der Waals surface area contributed by atoms with Crippen molar-refractivity contribution >= 4 is 10.9 Å². The molecule has 2 heterocycles. The molecule has 1 atom stereocenters. The number of benzene rings is 2. The largest absolute Gasteiger partial charge is 0.507 e. The number of rotatable bonds is 6. The molecule has 0 aliphatic rings. The molecule has 0 aliphatic carbocycles. The van der Waals surface area contributed by atoms with Crippen LogP contribution in [0.3, 0.4) is 0 Å². The summed E-state index contributed by atoms with van der Waals surface area (Å²) in [7, 11) is 0. The zero-order valence-electron chi connectivity index (χ0n) is 18.5. The fraction of sp³-hybridized carbons (Fsp3) is 0.280.